The summed E-state index contributed by atoms with van der Waals surface area (Å²) >= 11 is 0. The first-order chi connectivity index (χ1) is 25.3. The second-order valence-corrected chi connectivity index (χ2v) is 16.1. The molecule has 0 spiro atoms. The van der Waals surface area contributed by atoms with Crippen LogP contribution in [-0.2, 0) is 37.6 Å². The van der Waals surface area contributed by atoms with Crippen LogP contribution in [0.15, 0.2) is 54.6 Å². The van der Waals surface area contributed by atoms with Gasteiger partial charge in [0.25, 0.3) is 0 Å². The molecule has 1 N–H and O–H groups in total. The van der Waals surface area contributed by atoms with Crippen molar-refractivity contribution < 1.29 is 24.2 Å². The van der Waals surface area contributed by atoms with Crippen molar-refractivity contribution in [2.75, 3.05) is 39.9 Å². The maximum atomic E-state index is 12.9. The predicted octanol–water partition coefficient (Wildman–Crippen LogP) is 7.10. The summed E-state index contributed by atoms with van der Waals surface area (Å²) in [6.07, 6.45) is 11.2. The molecule has 5 atom stereocenters. The van der Waals surface area contributed by atoms with Crippen molar-refractivity contribution in [3.05, 3.63) is 77.1 Å². The average Bonchev–Trinajstić information content (AvgIpc) is 3.71. The fraction of sp³-hybridized carbons (Fsp3) is 0.535. The summed E-state index contributed by atoms with van der Waals surface area (Å²) in [5, 5.41) is 14.2. The molecular weight excluding hydrogens is 652 g/mol. The van der Waals surface area contributed by atoms with Gasteiger partial charge in [-0.1, -0.05) is 50.2 Å². The van der Waals surface area contributed by atoms with E-state index < -0.39 is 11.7 Å². The van der Waals surface area contributed by atoms with Crippen LogP contribution in [0.4, 0.5) is 0 Å². The zero-order chi connectivity index (χ0) is 36.0. The summed E-state index contributed by atoms with van der Waals surface area (Å²) in [5.74, 6) is -0.736. The first-order valence-corrected chi connectivity index (χ1v) is 19.7. The van der Waals surface area contributed by atoms with E-state index in [1.54, 1.807) is 0 Å². The lowest BCUT2D eigenvalue weighted by molar-refractivity contribution is -0.194. The number of aromatic nitrogens is 2. The van der Waals surface area contributed by atoms with Crippen molar-refractivity contribution >= 4 is 39.4 Å². The molecule has 0 bridgehead atoms. The number of nitrogens with zero attached hydrogens (tertiary/aromatic N) is 4. The molecule has 10 rings (SSSR count). The number of hydrogen-bond acceptors (Lipinski definition) is 7. The molecule has 2 aromatic heterocycles. The van der Waals surface area contributed by atoms with Crippen molar-refractivity contribution in [3.8, 4) is 0 Å². The molecule has 9 heteroatoms. The third-order valence-electron chi connectivity index (χ3n) is 13.9. The number of methoxy groups -OCH3 is 1. The molecule has 274 valence electrons. The van der Waals surface area contributed by atoms with Gasteiger partial charge in [0.2, 0.25) is 5.72 Å². The quantitative estimate of drug-likeness (QED) is 0.222. The van der Waals surface area contributed by atoms with Crippen molar-refractivity contribution in [3.63, 3.8) is 0 Å². The van der Waals surface area contributed by atoms with Gasteiger partial charge >= 0.3 is 11.9 Å². The molecule has 0 amide bonds. The topological polar surface area (TPSA) is 89.2 Å². The minimum Gasteiger partial charge on any atom is -0.465 e. The van der Waals surface area contributed by atoms with Gasteiger partial charge in [-0.2, -0.15) is 0 Å². The van der Waals surface area contributed by atoms with Crippen LogP contribution in [0, 0.1) is 10.8 Å². The van der Waals surface area contributed by atoms with E-state index in [9.17, 15) is 14.7 Å². The van der Waals surface area contributed by atoms with Crippen LogP contribution in [0.2, 0.25) is 0 Å². The zero-order valence-electron chi connectivity index (χ0n) is 31.1. The molecule has 2 saturated heterocycles. The summed E-state index contributed by atoms with van der Waals surface area (Å²) in [6.45, 7) is 11.2. The summed E-state index contributed by atoms with van der Waals surface area (Å²) < 4.78 is 14.7. The summed E-state index contributed by atoms with van der Waals surface area (Å²) in [5.41, 5.74) is 6.40. The molecule has 0 radical (unpaired) electrons. The number of piperidine rings is 2. The second kappa shape index (κ2) is 12.3. The van der Waals surface area contributed by atoms with Crippen molar-refractivity contribution in [2.45, 2.75) is 96.4 Å². The lowest BCUT2D eigenvalue weighted by Gasteiger charge is -2.57. The molecule has 6 aliphatic rings. The Hall–Kier alpha value is -3.92. The molecule has 0 saturated carbocycles. The first kappa shape index (κ1) is 33.9. The van der Waals surface area contributed by atoms with E-state index in [1.807, 2.05) is 29.7 Å². The SMILES string of the molecule is CCOC(=O)C1=C[C@]2(CC)CCCN3CCc4c(n1c1ccccc41)[C@@H]32.CC[C@]12CCCN3CCc4c(n(c5ccccc45)[C@@](O)(C(=O)OC)C1)[C@@H]32. The lowest BCUT2D eigenvalue weighted by Crippen LogP contribution is -2.60. The molecule has 6 aliphatic heterocycles. The minimum atomic E-state index is -1.63. The van der Waals surface area contributed by atoms with Gasteiger partial charge in [0, 0.05) is 47.1 Å². The molecule has 8 heterocycles. The van der Waals surface area contributed by atoms with Crippen molar-refractivity contribution in [1.82, 2.24) is 18.9 Å². The Labute approximate surface area is 306 Å². The normalized spacial score (nSPS) is 30.1. The molecule has 52 heavy (non-hydrogen) atoms. The van der Waals surface area contributed by atoms with Crippen LogP contribution in [0.3, 0.4) is 0 Å². The fourth-order valence-electron chi connectivity index (χ4n) is 11.7. The van der Waals surface area contributed by atoms with Crippen LogP contribution < -0.4 is 0 Å². The Morgan fingerprint density at radius 1 is 0.808 bits per heavy atom. The van der Waals surface area contributed by atoms with E-state index in [0.717, 1.165) is 93.5 Å². The molecule has 2 aromatic carbocycles. The van der Waals surface area contributed by atoms with E-state index in [2.05, 4.69) is 64.6 Å². The highest BCUT2D eigenvalue weighted by molar-refractivity contribution is 6.13. The Morgan fingerprint density at radius 2 is 1.44 bits per heavy atom. The molecular formula is C43H52N4O5. The fourth-order valence-corrected chi connectivity index (χ4v) is 11.7. The predicted molar refractivity (Wildman–Crippen MR) is 202 cm³/mol. The minimum absolute atomic E-state index is 0.0416. The highest BCUT2D eigenvalue weighted by Gasteiger charge is 2.60. The van der Waals surface area contributed by atoms with E-state index >= 15 is 0 Å². The highest BCUT2D eigenvalue weighted by atomic mass is 16.5. The average molecular weight is 705 g/mol. The third kappa shape index (κ3) is 4.51. The van der Waals surface area contributed by atoms with Crippen LogP contribution in [-0.4, -0.2) is 75.9 Å². The Bertz CT molecular complexity index is 2130. The molecule has 0 aliphatic carbocycles. The summed E-state index contributed by atoms with van der Waals surface area (Å²) in [7, 11) is 1.37. The lowest BCUT2D eigenvalue weighted by atomic mass is 9.62. The van der Waals surface area contributed by atoms with Gasteiger partial charge in [0.15, 0.2) is 0 Å². The van der Waals surface area contributed by atoms with Crippen LogP contribution >= 0.6 is 0 Å². The number of aliphatic hydroxyl groups is 1. The van der Waals surface area contributed by atoms with E-state index in [-0.39, 0.29) is 22.8 Å². The van der Waals surface area contributed by atoms with Crippen LogP contribution in [0.1, 0.15) is 100 Å². The van der Waals surface area contributed by atoms with Crippen molar-refractivity contribution in [2.24, 2.45) is 10.8 Å². The number of rotatable bonds is 5. The number of fused-ring (bicyclic) bond motifs is 6. The van der Waals surface area contributed by atoms with Gasteiger partial charge in [-0.05, 0) is 106 Å². The van der Waals surface area contributed by atoms with Gasteiger partial charge in [0.05, 0.1) is 36.8 Å². The van der Waals surface area contributed by atoms with Crippen molar-refractivity contribution in [1.29, 1.82) is 0 Å². The van der Waals surface area contributed by atoms with E-state index in [1.165, 1.54) is 41.1 Å². The number of ether oxygens (including phenoxy) is 2. The molecule has 2 fully saturated rings. The van der Waals surface area contributed by atoms with Gasteiger partial charge < -0.3 is 23.7 Å². The highest BCUT2D eigenvalue weighted by Crippen LogP contribution is 2.61. The third-order valence-corrected chi connectivity index (χ3v) is 13.9. The number of carbonyl (C=O) groups excluding carboxylic acids is 2. The Kier molecular flexibility index (Phi) is 8.03. The Balaban J connectivity index is 0.000000138. The maximum absolute atomic E-state index is 12.9. The zero-order valence-corrected chi connectivity index (χ0v) is 31.1. The second-order valence-electron chi connectivity index (χ2n) is 16.1. The maximum Gasteiger partial charge on any atom is 0.359 e. The van der Waals surface area contributed by atoms with Gasteiger partial charge in [0.1, 0.15) is 5.70 Å². The summed E-state index contributed by atoms with van der Waals surface area (Å²) in [6, 6.07) is 17.4. The molecule has 0 unspecified atom stereocenters. The number of benzene rings is 2. The van der Waals surface area contributed by atoms with Gasteiger partial charge in [-0.15, -0.1) is 0 Å². The number of para-hydroxylation sites is 2. The van der Waals surface area contributed by atoms with E-state index in [4.69, 9.17) is 9.47 Å². The number of carbonyl (C=O) groups is 2. The first-order valence-electron chi connectivity index (χ1n) is 19.7. The number of esters is 2. The molecule has 9 nitrogen and oxygen atoms in total. The smallest absolute Gasteiger partial charge is 0.359 e. The monoisotopic (exact) mass is 704 g/mol. The Morgan fingerprint density at radius 3 is 2.12 bits per heavy atom. The van der Waals surface area contributed by atoms with Crippen LogP contribution in [0.25, 0.3) is 27.5 Å². The molecule has 4 aromatic rings. The van der Waals surface area contributed by atoms with Gasteiger partial charge in [-0.25, -0.2) is 9.59 Å². The summed E-state index contributed by atoms with van der Waals surface area (Å²) in [4.78, 5) is 31.0. The number of hydrogen-bond donors (Lipinski definition) is 1. The van der Waals surface area contributed by atoms with E-state index in [0.29, 0.717) is 19.1 Å². The van der Waals surface area contributed by atoms with Gasteiger partial charge in [-0.3, -0.25) is 9.80 Å². The largest absolute Gasteiger partial charge is 0.465 e. The standard InChI is InChI=1S/C22H26N2O2.C21H26N2O3/c1-3-22-11-7-12-23-13-10-16-15-8-5-6-9-17(15)24(19(16)20(22)23)18(14-22)21(25)26-4-2;1-3-20-10-6-11-22-12-9-15-14-7-4-5-8-16(14)23(17(15)18(20)22)21(25,13-20)19(24)26-2/h5-6,8-9,14,20H,3-4,7,10-13H2,1-2H3;4-5,7-8,18,25H,3,6,9-13H2,1-2H3/t20-,22+;18-,20+,21+/m11/s1. The van der Waals surface area contributed by atoms with Crippen LogP contribution in [0.5, 0.6) is 0 Å².